The predicted molar refractivity (Wildman–Crippen MR) is 49.8 cm³/mol. The Morgan fingerprint density at radius 3 is 2.87 bits per heavy atom. The zero-order valence-corrected chi connectivity index (χ0v) is 8.11. The molecule has 1 rings (SSSR count). The number of hydrogen-bond acceptors (Lipinski definition) is 6. The number of carbonyl (C=O) groups is 2. The zero-order chi connectivity index (χ0) is 11.3. The van der Waals surface area contributed by atoms with Crippen LogP contribution in [0.25, 0.3) is 0 Å². The molecule has 1 amide bonds. The van der Waals surface area contributed by atoms with Crippen LogP contribution in [0.3, 0.4) is 0 Å². The van der Waals surface area contributed by atoms with Gasteiger partial charge in [-0.1, -0.05) is 0 Å². The topological polar surface area (TPSA) is 123 Å². The van der Waals surface area contributed by atoms with Gasteiger partial charge < -0.3 is 15.8 Å². The summed E-state index contributed by atoms with van der Waals surface area (Å²) in [6.45, 7) is 0.173. The number of aromatic nitrogens is 3. The van der Waals surface area contributed by atoms with E-state index in [9.17, 15) is 9.59 Å². The number of ether oxygens (including phenoxy) is 1. The molecule has 1 aromatic rings. The van der Waals surface area contributed by atoms with Gasteiger partial charge in [0.05, 0.1) is 13.5 Å². The number of amides is 1. The van der Waals surface area contributed by atoms with Crippen LogP contribution in [0.15, 0.2) is 0 Å². The summed E-state index contributed by atoms with van der Waals surface area (Å²) in [5, 5.41) is 8.28. The Balaban J connectivity index is 2.34. The molecule has 0 saturated heterocycles. The minimum absolute atomic E-state index is 0.00637. The number of hydrogen-bond donors (Lipinski definition) is 3. The van der Waals surface area contributed by atoms with Crippen molar-refractivity contribution in [1.29, 1.82) is 0 Å². The summed E-state index contributed by atoms with van der Waals surface area (Å²) in [6, 6.07) is 0. The third kappa shape index (κ3) is 3.25. The standard InChI is InChI=1S/C7H11N5O3/c1-15-4(13)2-3-9-6(14)5-10-7(8)12-11-5/h2-3H2,1H3,(H,9,14)(H3,8,10,11,12). The van der Waals surface area contributed by atoms with Crippen molar-refractivity contribution in [3.05, 3.63) is 5.82 Å². The van der Waals surface area contributed by atoms with Crippen LogP contribution in [0.4, 0.5) is 5.95 Å². The second-order valence-corrected chi connectivity index (χ2v) is 2.62. The molecule has 0 aromatic carbocycles. The van der Waals surface area contributed by atoms with Crippen molar-refractivity contribution in [3.63, 3.8) is 0 Å². The van der Waals surface area contributed by atoms with Gasteiger partial charge in [-0.15, -0.1) is 5.10 Å². The zero-order valence-electron chi connectivity index (χ0n) is 8.11. The van der Waals surface area contributed by atoms with Crippen LogP contribution in [-0.2, 0) is 9.53 Å². The van der Waals surface area contributed by atoms with Crippen LogP contribution in [0.2, 0.25) is 0 Å². The first kappa shape index (κ1) is 11.0. The highest BCUT2D eigenvalue weighted by molar-refractivity contribution is 5.90. The maximum atomic E-state index is 11.3. The normalized spacial score (nSPS) is 9.67. The fourth-order valence-corrected chi connectivity index (χ4v) is 0.840. The summed E-state index contributed by atoms with van der Waals surface area (Å²) in [5.41, 5.74) is 5.21. The van der Waals surface area contributed by atoms with Gasteiger partial charge in [0.2, 0.25) is 11.8 Å². The average molecular weight is 213 g/mol. The number of nitrogens with one attached hydrogen (secondary N) is 2. The molecule has 1 aromatic heterocycles. The molecule has 4 N–H and O–H groups in total. The number of esters is 1. The molecule has 0 aliphatic carbocycles. The summed E-state index contributed by atoms with van der Waals surface area (Å²) in [7, 11) is 1.28. The predicted octanol–water partition coefficient (Wildman–Crippen LogP) is -1.32. The van der Waals surface area contributed by atoms with Crippen molar-refractivity contribution in [2.75, 3.05) is 19.4 Å². The maximum absolute atomic E-state index is 11.3. The first-order chi connectivity index (χ1) is 7.13. The maximum Gasteiger partial charge on any atom is 0.307 e. The van der Waals surface area contributed by atoms with Crippen LogP contribution in [0.5, 0.6) is 0 Å². The second kappa shape index (κ2) is 4.94. The highest BCUT2D eigenvalue weighted by atomic mass is 16.5. The summed E-state index contributed by atoms with van der Waals surface area (Å²) in [5.74, 6) is -0.860. The second-order valence-electron chi connectivity index (χ2n) is 2.62. The minimum atomic E-state index is -0.469. The molecule has 0 atom stereocenters. The molecular formula is C7H11N5O3. The van der Waals surface area contributed by atoms with Crippen molar-refractivity contribution in [3.8, 4) is 0 Å². The number of H-pyrrole nitrogens is 1. The Morgan fingerprint density at radius 2 is 2.33 bits per heavy atom. The van der Waals surface area contributed by atoms with E-state index in [1.54, 1.807) is 0 Å². The lowest BCUT2D eigenvalue weighted by Crippen LogP contribution is -2.27. The molecule has 0 fully saturated rings. The molecule has 0 spiro atoms. The van der Waals surface area contributed by atoms with Gasteiger partial charge in [-0.25, -0.2) is 0 Å². The number of carbonyl (C=O) groups excluding carboxylic acids is 2. The molecule has 0 aliphatic rings. The van der Waals surface area contributed by atoms with Crippen molar-refractivity contribution < 1.29 is 14.3 Å². The van der Waals surface area contributed by atoms with E-state index in [2.05, 4.69) is 25.2 Å². The number of aromatic amines is 1. The fourth-order valence-electron chi connectivity index (χ4n) is 0.840. The first-order valence-corrected chi connectivity index (χ1v) is 4.16. The van der Waals surface area contributed by atoms with Gasteiger partial charge in [0, 0.05) is 6.54 Å². The highest BCUT2D eigenvalue weighted by Gasteiger charge is 2.10. The summed E-state index contributed by atoms with van der Waals surface area (Å²) >= 11 is 0. The number of rotatable bonds is 4. The molecule has 0 aliphatic heterocycles. The Hall–Kier alpha value is -2.12. The first-order valence-electron chi connectivity index (χ1n) is 4.16. The molecule has 0 radical (unpaired) electrons. The van der Waals surface area contributed by atoms with E-state index in [0.717, 1.165) is 0 Å². The smallest absolute Gasteiger partial charge is 0.307 e. The SMILES string of the molecule is COC(=O)CCNC(=O)c1nc(N)n[nH]1. The van der Waals surface area contributed by atoms with Crippen LogP contribution >= 0.6 is 0 Å². The number of nitrogens with two attached hydrogens (primary N) is 1. The van der Waals surface area contributed by atoms with E-state index in [0.29, 0.717) is 0 Å². The monoisotopic (exact) mass is 213 g/mol. The Bertz CT molecular complexity index is 361. The van der Waals surface area contributed by atoms with Gasteiger partial charge >= 0.3 is 5.97 Å². The largest absolute Gasteiger partial charge is 0.469 e. The molecule has 8 heteroatoms. The van der Waals surface area contributed by atoms with Gasteiger partial charge in [-0.3, -0.25) is 14.7 Å². The molecule has 1 heterocycles. The Labute approximate surface area is 85.2 Å². The molecular weight excluding hydrogens is 202 g/mol. The fraction of sp³-hybridized carbons (Fsp3) is 0.429. The summed E-state index contributed by atoms with van der Waals surface area (Å²) < 4.78 is 4.40. The molecule has 8 nitrogen and oxygen atoms in total. The summed E-state index contributed by atoms with van der Waals surface area (Å²) in [4.78, 5) is 25.6. The van der Waals surface area contributed by atoms with Gasteiger partial charge in [0.1, 0.15) is 0 Å². The Kier molecular flexibility index (Phi) is 3.61. The highest BCUT2D eigenvalue weighted by Crippen LogP contribution is 1.92. The van der Waals surface area contributed by atoms with E-state index >= 15 is 0 Å². The number of nitrogen functional groups attached to an aromatic ring is 1. The lowest BCUT2D eigenvalue weighted by atomic mass is 10.4. The number of anilines is 1. The van der Waals surface area contributed by atoms with Crippen molar-refractivity contribution in [2.45, 2.75) is 6.42 Å². The molecule has 0 bridgehead atoms. The average Bonchev–Trinajstić information content (AvgIpc) is 2.64. The molecule has 82 valence electrons. The number of nitrogens with zero attached hydrogens (tertiary/aromatic N) is 2. The van der Waals surface area contributed by atoms with Crippen molar-refractivity contribution in [1.82, 2.24) is 20.5 Å². The van der Waals surface area contributed by atoms with E-state index in [4.69, 9.17) is 5.73 Å². The minimum Gasteiger partial charge on any atom is -0.469 e. The van der Waals surface area contributed by atoms with E-state index in [1.165, 1.54) is 7.11 Å². The van der Waals surface area contributed by atoms with Crippen molar-refractivity contribution >= 4 is 17.8 Å². The lowest BCUT2D eigenvalue weighted by molar-refractivity contribution is -0.140. The van der Waals surface area contributed by atoms with Gasteiger partial charge in [-0.2, -0.15) is 4.98 Å². The quantitative estimate of drug-likeness (QED) is 0.533. The third-order valence-electron chi connectivity index (χ3n) is 1.56. The van der Waals surface area contributed by atoms with Gasteiger partial charge in [-0.05, 0) is 0 Å². The molecule has 0 saturated carbocycles. The molecule has 15 heavy (non-hydrogen) atoms. The van der Waals surface area contributed by atoms with Crippen molar-refractivity contribution in [2.24, 2.45) is 0 Å². The molecule has 0 unspecified atom stereocenters. The third-order valence-corrected chi connectivity index (χ3v) is 1.56. The van der Waals surface area contributed by atoms with Gasteiger partial charge in [0.15, 0.2) is 0 Å². The van der Waals surface area contributed by atoms with Crippen LogP contribution in [0.1, 0.15) is 17.0 Å². The van der Waals surface area contributed by atoms with Gasteiger partial charge in [0.25, 0.3) is 5.91 Å². The lowest BCUT2D eigenvalue weighted by Gasteiger charge is -2.00. The van der Waals surface area contributed by atoms with Crippen LogP contribution < -0.4 is 11.1 Å². The van der Waals surface area contributed by atoms with E-state index < -0.39 is 11.9 Å². The van der Waals surface area contributed by atoms with Crippen LogP contribution in [-0.4, -0.2) is 40.7 Å². The van der Waals surface area contributed by atoms with Crippen LogP contribution in [0, 0.1) is 0 Å². The Morgan fingerprint density at radius 1 is 1.60 bits per heavy atom. The van der Waals surface area contributed by atoms with E-state index in [-0.39, 0.29) is 24.7 Å². The summed E-state index contributed by atoms with van der Waals surface area (Å²) in [6.07, 6.45) is 0.103. The number of methoxy groups -OCH3 is 1. The van der Waals surface area contributed by atoms with E-state index in [1.807, 2.05) is 0 Å².